The molecule has 1 aliphatic heterocycles. The number of anilines is 2. The van der Waals surface area contributed by atoms with Gasteiger partial charge in [0.1, 0.15) is 17.4 Å². The highest BCUT2D eigenvalue weighted by molar-refractivity contribution is 7.89. The highest BCUT2D eigenvalue weighted by atomic mass is 32.2. The van der Waals surface area contributed by atoms with Crippen LogP contribution in [0.2, 0.25) is 0 Å². The largest absolute Gasteiger partial charge is 0.497 e. The summed E-state index contributed by atoms with van der Waals surface area (Å²) >= 11 is 0. The monoisotopic (exact) mass is 559 g/mol. The Bertz CT molecular complexity index is 1590. The molecule has 2 heterocycles. The van der Waals surface area contributed by atoms with Crippen molar-refractivity contribution in [2.75, 3.05) is 38.6 Å². The van der Waals surface area contributed by atoms with Crippen LogP contribution in [0.1, 0.15) is 45.1 Å². The molecule has 1 fully saturated rings. The second-order valence-corrected chi connectivity index (χ2v) is 13.1. The predicted octanol–water partition coefficient (Wildman–Crippen LogP) is 5.75. The number of methoxy groups -OCH3 is 1. The second-order valence-electron chi connectivity index (χ2n) is 11.2. The van der Waals surface area contributed by atoms with Gasteiger partial charge in [0, 0.05) is 43.3 Å². The van der Waals surface area contributed by atoms with E-state index < -0.39 is 10.0 Å². The molecule has 1 aromatic heterocycles. The van der Waals surface area contributed by atoms with E-state index in [4.69, 9.17) is 14.7 Å². The third kappa shape index (κ3) is 5.82. The maximum atomic E-state index is 13.4. The number of nitrogens with one attached hydrogen (secondary N) is 1. The molecule has 5 rings (SSSR count). The van der Waals surface area contributed by atoms with E-state index in [1.165, 1.54) is 0 Å². The molecule has 1 N–H and O–H groups in total. The van der Waals surface area contributed by atoms with Crippen molar-refractivity contribution in [3.63, 3.8) is 0 Å². The van der Waals surface area contributed by atoms with Gasteiger partial charge in [-0.3, -0.25) is 4.90 Å². The average Bonchev–Trinajstić information content (AvgIpc) is 2.96. The molecule has 0 amide bonds. The fourth-order valence-corrected chi connectivity index (χ4v) is 6.41. The minimum atomic E-state index is -3.56. The Kier molecular flexibility index (Phi) is 7.81. The number of aromatic nitrogens is 2. The maximum Gasteiger partial charge on any atom is 0.243 e. The molecule has 0 unspecified atom stereocenters. The van der Waals surface area contributed by atoms with E-state index in [-0.39, 0.29) is 11.5 Å². The standard InChI is InChI=1S/C31H37N5O3S/c1-22(35-17-19-36(20-18-35)40(37,38)26-15-13-23(14-16-26)31(2,3)4)29-33-28-12-7-6-11-27(28)30(34-29)32-24-9-8-10-25(21-24)39-5/h6-16,21-22H,17-20H2,1-5H3,(H,32,33,34)/t22-/m0/s1. The Morgan fingerprint density at radius 1 is 0.900 bits per heavy atom. The fraction of sp³-hybridized carbons (Fsp3) is 0.355. The predicted molar refractivity (Wildman–Crippen MR) is 160 cm³/mol. The van der Waals surface area contributed by atoms with Crippen LogP contribution in [0.3, 0.4) is 0 Å². The minimum Gasteiger partial charge on any atom is -0.497 e. The van der Waals surface area contributed by atoms with Crippen LogP contribution in [-0.4, -0.2) is 60.9 Å². The molecular formula is C31H37N5O3S. The van der Waals surface area contributed by atoms with E-state index in [1.54, 1.807) is 23.5 Å². The molecule has 1 saturated heterocycles. The molecule has 40 heavy (non-hydrogen) atoms. The van der Waals surface area contributed by atoms with E-state index >= 15 is 0 Å². The van der Waals surface area contributed by atoms with Gasteiger partial charge in [-0.1, -0.05) is 51.1 Å². The molecule has 0 spiro atoms. The number of hydrogen-bond donors (Lipinski definition) is 1. The molecule has 9 heteroatoms. The van der Waals surface area contributed by atoms with Crippen LogP contribution in [0.5, 0.6) is 5.75 Å². The van der Waals surface area contributed by atoms with Crippen molar-refractivity contribution in [2.45, 2.75) is 44.0 Å². The number of nitrogens with zero attached hydrogens (tertiary/aromatic N) is 4. The quantitative estimate of drug-likeness (QED) is 0.309. The van der Waals surface area contributed by atoms with Crippen molar-refractivity contribution in [1.82, 2.24) is 19.2 Å². The van der Waals surface area contributed by atoms with Crippen LogP contribution in [0, 0.1) is 0 Å². The average molecular weight is 560 g/mol. The fourth-order valence-electron chi connectivity index (χ4n) is 4.98. The number of sulfonamides is 1. The Hall–Kier alpha value is -3.53. The van der Waals surface area contributed by atoms with Crippen LogP contribution >= 0.6 is 0 Å². The van der Waals surface area contributed by atoms with E-state index in [9.17, 15) is 8.42 Å². The van der Waals surface area contributed by atoms with Crippen LogP contribution in [0.25, 0.3) is 10.9 Å². The van der Waals surface area contributed by atoms with Gasteiger partial charge in [0.15, 0.2) is 0 Å². The molecule has 3 aromatic carbocycles. The summed E-state index contributed by atoms with van der Waals surface area (Å²) in [6.07, 6.45) is 0. The first-order valence-electron chi connectivity index (χ1n) is 13.6. The second kappa shape index (κ2) is 11.2. The molecule has 0 saturated carbocycles. The van der Waals surface area contributed by atoms with Crippen molar-refractivity contribution in [3.05, 3.63) is 84.2 Å². The molecule has 1 aliphatic rings. The van der Waals surface area contributed by atoms with Crippen LogP contribution < -0.4 is 10.1 Å². The molecule has 210 valence electrons. The smallest absolute Gasteiger partial charge is 0.243 e. The molecule has 4 aromatic rings. The normalized spacial score (nSPS) is 16.1. The van der Waals surface area contributed by atoms with Gasteiger partial charge in [0.25, 0.3) is 0 Å². The molecule has 0 aliphatic carbocycles. The third-order valence-electron chi connectivity index (χ3n) is 7.51. The summed E-state index contributed by atoms with van der Waals surface area (Å²) in [5.41, 5.74) is 2.81. The lowest BCUT2D eigenvalue weighted by molar-refractivity contribution is 0.141. The van der Waals surface area contributed by atoms with Gasteiger partial charge in [-0.2, -0.15) is 4.31 Å². The molecule has 0 bridgehead atoms. The number of ether oxygens (including phenoxy) is 1. The topological polar surface area (TPSA) is 87.7 Å². The summed E-state index contributed by atoms with van der Waals surface area (Å²) in [5, 5.41) is 4.37. The zero-order valence-electron chi connectivity index (χ0n) is 23.8. The minimum absolute atomic E-state index is 0.0295. The van der Waals surface area contributed by atoms with Crippen LogP contribution in [0.4, 0.5) is 11.5 Å². The first kappa shape index (κ1) is 28.0. The number of piperazine rings is 1. The summed E-state index contributed by atoms with van der Waals surface area (Å²) in [7, 11) is -1.91. The van der Waals surface area contributed by atoms with E-state index in [1.807, 2.05) is 60.7 Å². The summed E-state index contributed by atoms with van der Waals surface area (Å²) in [5.74, 6) is 2.17. The summed E-state index contributed by atoms with van der Waals surface area (Å²) < 4.78 is 33.7. The molecule has 0 radical (unpaired) electrons. The molecule has 1 atom stereocenters. The van der Waals surface area contributed by atoms with Gasteiger partial charge in [-0.05, 0) is 54.3 Å². The molecule has 8 nitrogen and oxygen atoms in total. The van der Waals surface area contributed by atoms with Crippen LogP contribution in [-0.2, 0) is 15.4 Å². The highest BCUT2D eigenvalue weighted by Crippen LogP contribution is 2.30. The van der Waals surface area contributed by atoms with Crippen molar-refractivity contribution in [3.8, 4) is 5.75 Å². The van der Waals surface area contributed by atoms with Gasteiger partial charge >= 0.3 is 0 Å². The SMILES string of the molecule is COc1cccc(Nc2nc([C@H](C)N3CCN(S(=O)(=O)c4ccc(C(C)(C)C)cc4)CC3)nc3ccccc23)c1. The van der Waals surface area contributed by atoms with Gasteiger partial charge in [0.05, 0.1) is 23.6 Å². The maximum absolute atomic E-state index is 13.4. The first-order valence-corrected chi connectivity index (χ1v) is 15.0. The highest BCUT2D eigenvalue weighted by Gasteiger charge is 2.31. The van der Waals surface area contributed by atoms with Crippen molar-refractivity contribution in [1.29, 1.82) is 0 Å². The van der Waals surface area contributed by atoms with E-state index in [0.29, 0.717) is 36.9 Å². The van der Waals surface area contributed by atoms with Gasteiger partial charge in [0.2, 0.25) is 10.0 Å². The Morgan fingerprint density at radius 2 is 1.60 bits per heavy atom. The number of benzene rings is 3. The Balaban J connectivity index is 1.33. The zero-order chi connectivity index (χ0) is 28.5. The zero-order valence-corrected chi connectivity index (χ0v) is 24.6. The Labute approximate surface area is 237 Å². The lowest BCUT2D eigenvalue weighted by Crippen LogP contribution is -2.49. The van der Waals surface area contributed by atoms with Gasteiger partial charge in [-0.15, -0.1) is 0 Å². The van der Waals surface area contributed by atoms with E-state index in [0.717, 1.165) is 33.7 Å². The van der Waals surface area contributed by atoms with Crippen LogP contribution in [0.15, 0.2) is 77.7 Å². The van der Waals surface area contributed by atoms with Crippen molar-refractivity contribution >= 4 is 32.4 Å². The van der Waals surface area contributed by atoms with Crippen molar-refractivity contribution in [2.24, 2.45) is 0 Å². The number of rotatable bonds is 7. The third-order valence-corrected chi connectivity index (χ3v) is 9.42. The Morgan fingerprint density at radius 3 is 2.27 bits per heavy atom. The summed E-state index contributed by atoms with van der Waals surface area (Å²) in [4.78, 5) is 12.4. The van der Waals surface area contributed by atoms with Crippen molar-refractivity contribution < 1.29 is 13.2 Å². The lowest BCUT2D eigenvalue weighted by atomic mass is 9.87. The summed E-state index contributed by atoms with van der Waals surface area (Å²) in [6, 6.07) is 22.9. The van der Waals surface area contributed by atoms with Gasteiger partial charge < -0.3 is 10.1 Å². The van der Waals surface area contributed by atoms with E-state index in [2.05, 4.69) is 37.9 Å². The van der Waals surface area contributed by atoms with Gasteiger partial charge in [-0.25, -0.2) is 18.4 Å². The lowest BCUT2D eigenvalue weighted by Gasteiger charge is -2.37. The summed E-state index contributed by atoms with van der Waals surface area (Å²) in [6.45, 7) is 10.4. The number of fused-ring (bicyclic) bond motifs is 1. The number of para-hydroxylation sites is 1. The number of hydrogen-bond acceptors (Lipinski definition) is 7. The molecular weight excluding hydrogens is 522 g/mol. The first-order chi connectivity index (χ1) is 19.1.